The molecular weight excluding hydrogens is 380 g/mol. The summed E-state index contributed by atoms with van der Waals surface area (Å²) in [6, 6.07) is 15.3. The monoisotopic (exact) mass is 411 g/mol. The number of nitrogens with one attached hydrogen (secondary N) is 2. The van der Waals surface area contributed by atoms with Crippen molar-refractivity contribution in [2.45, 2.75) is 32.9 Å². The van der Waals surface area contributed by atoms with Crippen molar-refractivity contribution >= 4 is 11.7 Å². The van der Waals surface area contributed by atoms with Crippen molar-refractivity contribution in [1.82, 2.24) is 5.32 Å². The largest absolute Gasteiger partial charge is 0.494 e. The van der Waals surface area contributed by atoms with Crippen LogP contribution in [0.3, 0.4) is 0 Å². The summed E-state index contributed by atoms with van der Waals surface area (Å²) in [4.78, 5) is 26.1. The van der Waals surface area contributed by atoms with Gasteiger partial charge in [0.15, 0.2) is 5.78 Å². The number of carbonyl (C=O) groups excluding carboxylic acids is 2. The minimum absolute atomic E-state index is 0.0375. The smallest absolute Gasteiger partial charge is 0.220 e. The molecule has 1 aliphatic heterocycles. The number of ketones is 1. The molecule has 30 heavy (non-hydrogen) atoms. The molecule has 6 heteroatoms. The second-order valence-corrected chi connectivity index (χ2v) is 7.47. The first-order valence-electron chi connectivity index (χ1n) is 10.7. The second-order valence-electron chi connectivity index (χ2n) is 7.47. The molecule has 0 spiro atoms. The van der Waals surface area contributed by atoms with Crippen molar-refractivity contribution < 1.29 is 24.0 Å². The Hall–Kier alpha value is -2.70. The molecule has 2 N–H and O–H groups in total. The van der Waals surface area contributed by atoms with Gasteiger partial charge in [0.05, 0.1) is 19.8 Å². The van der Waals surface area contributed by atoms with Gasteiger partial charge in [0.2, 0.25) is 5.91 Å². The zero-order valence-corrected chi connectivity index (χ0v) is 17.6. The van der Waals surface area contributed by atoms with Gasteiger partial charge in [0, 0.05) is 30.5 Å². The molecule has 6 nitrogen and oxygen atoms in total. The zero-order valence-electron chi connectivity index (χ0n) is 17.6. The summed E-state index contributed by atoms with van der Waals surface area (Å²) in [5.41, 5.74) is 2.98. The molecule has 0 unspecified atom stereocenters. The van der Waals surface area contributed by atoms with Gasteiger partial charge in [-0.05, 0) is 36.8 Å². The van der Waals surface area contributed by atoms with Gasteiger partial charge >= 0.3 is 0 Å². The Morgan fingerprint density at radius 1 is 1.00 bits per heavy atom. The van der Waals surface area contributed by atoms with Gasteiger partial charge < -0.3 is 19.7 Å². The molecule has 1 fully saturated rings. The number of Topliss-reactive ketones (excluding diaryl/α,β-unsaturated/α-hetero) is 1. The standard InChI is InChI=1S/C24H30N2O4/c1-2-30-22-9-7-19(8-10-22)23(27)11-12-24(28)25-17-20-5-3-4-6-21(20)18-26-13-15-29-16-14-26/h3-10H,2,11-18H2,1H3,(H,25,28)/p+1. The number of hydrogen-bond acceptors (Lipinski definition) is 4. The summed E-state index contributed by atoms with van der Waals surface area (Å²) in [5, 5.41) is 2.96. The van der Waals surface area contributed by atoms with Crippen LogP contribution >= 0.6 is 0 Å². The van der Waals surface area contributed by atoms with Crippen LogP contribution in [0.4, 0.5) is 0 Å². The van der Waals surface area contributed by atoms with Crippen LogP contribution in [0, 0.1) is 0 Å². The lowest BCUT2D eigenvalue weighted by molar-refractivity contribution is -0.921. The maximum absolute atomic E-state index is 12.3. The highest BCUT2D eigenvalue weighted by atomic mass is 16.5. The molecule has 1 aliphatic rings. The molecule has 1 amide bonds. The van der Waals surface area contributed by atoms with Crippen molar-refractivity contribution in [3.8, 4) is 5.75 Å². The van der Waals surface area contributed by atoms with Crippen molar-refractivity contribution in [3.05, 3.63) is 65.2 Å². The number of morpholine rings is 1. The fourth-order valence-electron chi connectivity index (χ4n) is 3.57. The number of ether oxygens (including phenoxy) is 2. The Labute approximate surface area is 178 Å². The highest BCUT2D eigenvalue weighted by Crippen LogP contribution is 2.14. The Bertz CT molecular complexity index is 829. The summed E-state index contributed by atoms with van der Waals surface area (Å²) >= 11 is 0. The number of carbonyl (C=O) groups is 2. The topological polar surface area (TPSA) is 69.1 Å². The Kier molecular flexibility index (Phi) is 8.41. The summed E-state index contributed by atoms with van der Waals surface area (Å²) < 4.78 is 10.8. The molecule has 0 aliphatic carbocycles. The van der Waals surface area contributed by atoms with E-state index in [4.69, 9.17) is 9.47 Å². The van der Waals surface area contributed by atoms with Crippen molar-refractivity contribution in [2.75, 3.05) is 32.9 Å². The van der Waals surface area contributed by atoms with Crippen LogP contribution in [0.25, 0.3) is 0 Å². The van der Waals surface area contributed by atoms with Gasteiger partial charge in [0.1, 0.15) is 25.4 Å². The van der Waals surface area contributed by atoms with Crippen LogP contribution in [-0.2, 0) is 22.6 Å². The van der Waals surface area contributed by atoms with Crippen LogP contribution in [0.2, 0.25) is 0 Å². The molecule has 1 saturated heterocycles. The highest BCUT2D eigenvalue weighted by molar-refractivity contribution is 5.98. The molecule has 1 heterocycles. The Morgan fingerprint density at radius 3 is 2.40 bits per heavy atom. The molecule has 0 saturated carbocycles. The molecule has 160 valence electrons. The lowest BCUT2D eigenvalue weighted by Crippen LogP contribution is -3.12. The van der Waals surface area contributed by atoms with E-state index in [1.807, 2.05) is 19.1 Å². The van der Waals surface area contributed by atoms with Gasteiger partial charge in [-0.1, -0.05) is 24.3 Å². The van der Waals surface area contributed by atoms with Crippen molar-refractivity contribution in [2.24, 2.45) is 0 Å². The summed E-state index contributed by atoms with van der Waals surface area (Å²) in [5.74, 6) is 0.594. The van der Waals surface area contributed by atoms with Crippen LogP contribution in [0.1, 0.15) is 41.3 Å². The molecule has 0 radical (unpaired) electrons. The summed E-state index contributed by atoms with van der Waals surface area (Å²) in [6.45, 7) is 7.54. The minimum atomic E-state index is -0.109. The number of benzene rings is 2. The van der Waals surface area contributed by atoms with Crippen molar-refractivity contribution in [3.63, 3.8) is 0 Å². The molecule has 0 bridgehead atoms. The van der Waals surface area contributed by atoms with Crippen LogP contribution in [0.15, 0.2) is 48.5 Å². The summed E-state index contributed by atoms with van der Waals surface area (Å²) in [6.07, 6.45) is 0.377. The van der Waals surface area contributed by atoms with Gasteiger partial charge in [0.25, 0.3) is 0 Å². The van der Waals surface area contributed by atoms with E-state index in [1.54, 1.807) is 24.3 Å². The maximum atomic E-state index is 12.3. The highest BCUT2D eigenvalue weighted by Gasteiger charge is 2.16. The third-order valence-corrected chi connectivity index (χ3v) is 5.30. The predicted molar refractivity (Wildman–Crippen MR) is 115 cm³/mol. The lowest BCUT2D eigenvalue weighted by Gasteiger charge is -2.24. The molecular formula is C24H31N2O4+. The van der Waals surface area contributed by atoms with E-state index in [0.717, 1.165) is 44.2 Å². The molecule has 3 rings (SSSR count). The van der Waals surface area contributed by atoms with Crippen LogP contribution < -0.4 is 15.0 Å². The van der Waals surface area contributed by atoms with E-state index in [9.17, 15) is 9.59 Å². The average Bonchev–Trinajstić information content (AvgIpc) is 2.78. The SMILES string of the molecule is CCOc1ccc(C(=O)CCC(=O)NCc2ccccc2C[NH+]2CCOCC2)cc1. The zero-order chi connectivity index (χ0) is 21.2. The maximum Gasteiger partial charge on any atom is 0.220 e. The predicted octanol–water partition coefficient (Wildman–Crippen LogP) is 1.78. The number of hydrogen-bond donors (Lipinski definition) is 2. The fourth-order valence-corrected chi connectivity index (χ4v) is 3.57. The fraction of sp³-hybridized carbons (Fsp3) is 0.417. The first-order valence-corrected chi connectivity index (χ1v) is 10.7. The third-order valence-electron chi connectivity index (χ3n) is 5.30. The summed E-state index contributed by atoms with van der Waals surface area (Å²) in [7, 11) is 0. The number of quaternary nitrogens is 1. The van der Waals surface area contributed by atoms with Gasteiger partial charge in [-0.25, -0.2) is 0 Å². The van der Waals surface area contributed by atoms with Crippen LogP contribution in [-0.4, -0.2) is 44.6 Å². The molecule has 2 aromatic rings. The number of rotatable bonds is 10. The first kappa shape index (κ1) is 22.0. The molecule has 2 aromatic carbocycles. The van der Waals surface area contributed by atoms with E-state index in [1.165, 1.54) is 10.5 Å². The molecule has 0 aromatic heterocycles. The molecule has 0 atom stereocenters. The van der Waals surface area contributed by atoms with Gasteiger partial charge in [-0.2, -0.15) is 0 Å². The Morgan fingerprint density at radius 2 is 1.70 bits per heavy atom. The van der Waals surface area contributed by atoms with E-state index in [2.05, 4.69) is 17.4 Å². The van der Waals surface area contributed by atoms with Crippen LogP contribution in [0.5, 0.6) is 5.75 Å². The number of amides is 1. The lowest BCUT2D eigenvalue weighted by atomic mass is 10.1. The van der Waals surface area contributed by atoms with Crippen molar-refractivity contribution in [1.29, 1.82) is 0 Å². The second kappa shape index (κ2) is 11.5. The van der Waals surface area contributed by atoms with E-state index >= 15 is 0 Å². The minimum Gasteiger partial charge on any atom is -0.494 e. The van der Waals surface area contributed by atoms with Gasteiger partial charge in [-0.3, -0.25) is 9.59 Å². The Balaban J connectivity index is 1.46. The first-order chi connectivity index (χ1) is 14.7. The third kappa shape index (κ3) is 6.68. The van der Waals surface area contributed by atoms with E-state index in [-0.39, 0.29) is 24.5 Å². The van der Waals surface area contributed by atoms with E-state index < -0.39 is 0 Å². The normalized spacial score (nSPS) is 14.3. The quantitative estimate of drug-likeness (QED) is 0.585. The van der Waals surface area contributed by atoms with Gasteiger partial charge in [-0.15, -0.1) is 0 Å². The average molecular weight is 412 g/mol. The van der Waals surface area contributed by atoms with E-state index in [0.29, 0.717) is 18.7 Å².